The molecule has 22 heavy (non-hydrogen) atoms. The van der Waals surface area contributed by atoms with Gasteiger partial charge in [0.2, 0.25) is 0 Å². The van der Waals surface area contributed by atoms with Crippen molar-refractivity contribution in [2.24, 2.45) is 5.41 Å². The number of hydrogen-bond donors (Lipinski definition) is 1. The van der Waals surface area contributed by atoms with Gasteiger partial charge in [-0.3, -0.25) is 0 Å². The largest absolute Gasteiger partial charge is 0.388 e. The topological polar surface area (TPSA) is 20.2 Å². The lowest BCUT2D eigenvalue weighted by atomic mass is 9.83. The molecule has 0 amide bonds. The summed E-state index contributed by atoms with van der Waals surface area (Å²) in [5.74, 6) is 0. The van der Waals surface area contributed by atoms with Crippen LogP contribution in [0.3, 0.4) is 0 Å². The predicted molar refractivity (Wildman–Crippen MR) is 98.7 cm³/mol. The fourth-order valence-corrected chi connectivity index (χ4v) is 3.03. The third kappa shape index (κ3) is 4.02. The molecule has 0 aliphatic carbocycles. The van der Waals surface area contributed by atoms with E-state index in [-0.39, 0.29) is 5.41 Å². The fourth-order valence-electron chi connectivity index (χ4n) is 2.37. The summed E-state index contributed by atoms with van der Waals surface area (Å²) >= 11 is 1.71. The van der Waals surface area contributed by atoms with Crippen LogP contribution in [0.1, 0.15) is 43.6 Å². The molecular weight excluding hydrogens is 288 g/mol. The van der Waals surface area contributed by atoms with E-state index in [0.717, 1.165) is 11.1 Å². The van der Waals surface area contributed by atoms with Gasteiger partial charge in [-0.15, -0.1) is 11.8 Å². The number of aliphatic hydroxyl groups excluding tert-OH is 1. The van der Waals surface area contributed by atoms with E-state index in [9.17, 15) is 5.11 Å². The highest BCUT2D eigenvalue weighted by Crippen LogP contribution is 2.39. The van der Waals surface area contributed by atoms with Crippen molar-refractivity contribution in [3.8, 4) is 0 Å². The van der Waals surface area contributed by atoms with Crippen LogP contribution in [0.2, 0.25) is 0 Å². The smallest absolute Gasteiger partial charge is 0.0844 e. The van der Waals surface area contributed by atoms with Crippen molar-refractivity contribution < 1.29 is 5.11 Å². The predicted octanol–water partition coefficient (Wildman–Crippen LogP) is 5.63. The van der Waals surface area contributed by atoms with Crippen molar-refractivity contribution in [3.63, 3.8) is 0 Å². The molecule has 2 heteroatoms. The van der Waals surface area contributed by atoms with Gasteiger partial charge in [0, 0.05) is 4.91 Å². The third-order valence-electron chi connectivity index (χ3n) is 3.66. The van der Waals surface area contributed by atoms with Crippen LogP contribution in [0.5, 0.6) is 0 Å². The van der Waals surface area contributed by atoms with Crippen LogP contribution >= 0.6 is 11.8 Å². The Morgan fingerprint density at radius 3 is 2.18 bits per heavy atom. The Kier molecular flexibility index (Phi) is 5.49. The van der Waals surface area contributed by atoms with E-state index >= 15 is 0 Å². The Bertz CT molecular complexity index is 638. The summed E-state index contributed by atoms with van der Waals surface area (Å²) in [6.45, 7) is 6.19. The van der Waals surface area contributed by atoms with Crippen LogP contribution in [-0.4, -0.2) is 11.4 Å². The lowest BCUT2D eigenvalue weighted by Crippen LogP contribution is -2.19. The first-order chi connectivity index (χ1) is 10.4. The zero-order valence-electron chi connectivity index (χ0n) is 13.7. The van der Waals surface area contributed by atoms with Gasteiger partial charge >= 0.3 is 0 Å². The molecule has 0 radical (unpaired) electrons. The lowest BCUT2D eigenvalue weighted by Gasteiger charge is -2.28. The van der Waals surface area contributed by atoms with Gasteiger partial charge in [0.05, 0.1) is 6.10 Å². The third-order valence-corrected chi connectivity index (χ3v) is 4.44. The Morgan fingerprint density at radius 1 is 1.00 bits per heavy atom. The summed E-state index contributed by atoms with van der Waals surface area (Å²) in [6, 6.07) is 18.4. The second-order valence-electron chi connectivity index (χ2n) is 6.48. The molecule has 0 saturated heterocycles. The Balaban J connectivity index is 2.49. The number of hydrogen-bond acceptors (Lipinski definition) is 2. The quantitative estimate of drug-likeness (QED) is 0.739. The highest BCUT2D eigenvalue weighted by atomic mass is 32.2. The molecule has 0 spiro atoms. The van der Waals surface area contributed by atoms with Crippen LogP contribution in [0, 0.1) is 5.41 Å². The van der Waals surface area contributed by atoms with Crippen molar-refractivity contribution in [2.75, 3.05) is 6.26 Å². The molecular formula is C20H24OS. The monoisotopic (exact) mass is 312 g/mol. The molecule has 0 heterocycles. The minimum absolute atomic E-state index is 0.188. The fraction of sp³-hybridized carbons (Fsp3) is 0.300. The van der Waals surface area contributed by atoms with E-state index < -0.39 is 6.10 Å². The molecule has 0 saturated carbocycles. The summed E-state index contributed by atoms with van der Waals surface area (Å²) in [7, 11) is 0. The molecule has 116 valence electrons. The zero-order valence-corrected chi connectivity index (χ0v) is 14.5. The van der Waals surface area contributed by atoms with E-state index in [2.05, 4.69) is 51.3 Å². The highest BCUT2D eigenvalue weighted by molar-refractivity contribution is 8.07. The average molecular weight is 312 g/mol. The number of benzene rings is 2. The van der Waals surface area contributed by atoms with Crippen molar-refractivity contribution in [3.05, 3.63) is 71.3 Å². The van der Waals surface area contributed by atoms with Crippen LogP contribution in [0.4, 0.5) is 0 Å². The highest BCUT2D eigenvalue weighted by Gasteiger charge is 2.26. The standard InChI is InChI=1S/C20H24OS/c1-20(2,3)19(21)17-13-9-8-12-16(17)18(22-4)14-15-10-6-5-7-11-15/h5-14,19,21H,1-4H3/b18-14+. The minimum atomic E-state index is -0.491. The van der Waals surface area contributed by atoms with E-state index in [1.54, 1.807) is 11.8 Å². The van der Waals surface area contributed by atoms with Crippen LogP contribution in [0.15, 0.2) is 54.6 Å². The van der Waals surface area contributed by atoms with E-state index in [4.69, 9.17) is 0 Å². The van der Waals surface area contributed by atoms with E-state index in [1.165, 1.54) is 10.5 Å². The molecule has 0 aromatic heterocycles. The Hall–Kier alpha value is -1.51. The number of rotatable bonds is 4. The first-order valence-electron chi connectivity index (χ1n) is 7.51. The summed E-state index contributed by atoms with van der Waals surface area (Å²) in [6.07, 6.45) is 3.77. The lowest BCUT2D eigenvalue weighted by molar-refractivity contribution is 0.0625. The van der Waals surface area contributed by atoms with Gasteiger partial charge in [0.1, 0.15) is 0 Å². The molecule has 0 fully saturated rings. The van der Waals surface area contributed by atoms with Gasteiger partial charge < -0.3 is 5.11 Å². The summed E-state index contributed by atoms with van der Waals surface area (Å²) < 4.78 is 0. The van der Waals surface area contributed by atoms with Gasteiger partial charge in [0.25, 0.3) is 0 Å². The van der Waals surface area contributed by atoms with Gasteiger partial charge in [-0.05, 0) is 34.4 Å². The van der Waals surface area contributed by atoms with Crippen LogP contribution < -0.4 is 0 Å². The molecule has 1 atom stereocenters. The summed E-state index contributed by atoms with van der Waals surface area (Å²) in [4.78, 5) is 1.17. The molecule has 1 N–H and O–H groups in total. The van der Waals surface area contributed by atoms with Gasteiger partial charge in [-0.1, -0.05) is 75.4 Å². The Morgan fingerprint density at radius 2 is 1.59 bits per heavy atom. The molecule has 1 nitrogen and oxygen atoms in total. The first-order valence-corrected chi connectivity index (χ1v) is 8.74. The van der Waals surface area contributed by atoms with Crippen molar-refractivity contribution >= 4 is 22.7 Å². The second kappa shape index (κ2) is 7.17. The summed E-state index contributed by atoms with van der Waals surface area (Å²) in [5, 5.41) is 10.7. The van der Waals surface area contributed by atoms with Crippen molar-refractivity contribution in [1.82, 2.24) is 0 Å². The van der Waals surface area contributed by atoms with Gasteiger partial charge in [-0.2, -0.15) is 0 Å². The number of thioether (sulfide) groups is 1. The molecule has 1 unspecified atom stereocenters. The maximum Gasteiger partial charge on any atom is 0.0844 e. The zero-order chi connectivity index (χ0) is 16.2. The van der Waals surface area contributed by atoms with Gasteiger partial charge in [-0.25, -0.2) is 0 Å². The van der Waals surface area contributed by atoms with E-state index in [1.807, 2.05) is 36.4 Å². The second-order valence-corrected chi connectivity index (χ2v) is 7.33. The molecule has 2 aromatic rings. The molecule has 0 aliphatic rings. The molecule has 0 aliphatic heterocycles. The van der Waals surface area contributed by atoms with Gasteiger partial charge in [0.15, 0.2) is 0 Å². The normalized spacial score (nSPS) is 14.0. The first kappa shape index (κ1) is 16.9. The van der Waals surface area contributed by atoms with Crippen LogP contribution in [-0.2, 0) is 0 Å². The van der Waals surface area contributed by atoms with Crippen molar-refractivity contribution in [1.29, 1.82) is 0 Å². The minimum Gasteiger partial charge on any atom is -0.388 e. The maximum atomic E-state index is 10.7. The number of aliphatic hydroxyl groups is 1. The van der Waals surface area contributed by atoms with E-state index in [0.29, 0.717) is 0 Å². The maximum absolute atomic E-state index is 10.7. The average Bonchev–Trinajstić information content (AvgIpc) is 2.52. The summed E-state index contributed by atoms with van der Waals surface area (Å²) in [5.41, 5.74) is 3.09. The SMILES string of the molecule is CS/C(=C/c1ccccc1)c1ccccc1C(O)C(C)(C)C. The molecule has 2 aromatic carbocycles. The molecule has 0 bridgehead atoms. The Labute approximate surface area is 138 Å². The van der Waals surface area contributed by atoms with Crippen molar-refractivity contribution in [2.45, 2.75) is 26.9 Å². The molecule has 2 rings (SSSR count). The van der Waals surface area contributed by atoms with Crippen LogP contribution in [0.25, 0.3) is 11.0 Å².